The maximum Gasteiger partial charge on any atom is 0.216 e. The Labute approximate surface area is 157 Å². The van der Waals surface area contributed by atoms with E-state index in [0.717, 1.165) is 22.4 Å². The van der Waals surface area contributed by atoms with Gasteiger partial charge in [-0.1, -0.05) is 23.7 Å². The third kappa shape index (κ3) is 3.56. The van der Waals surface area contributed by atoms with Gasteiger partial charge in [-0.25, -0.2) is 9.97 Å². The molecule has 0 aliphatic carbocycles. The Morgan fingerprint density at radius 3 is 2.46 bits per heavy atom. The fourth-order valence-electron chi connectivity index (χ4n) is 2.81. The minimum atomic E-state index is 0.414. The van der Waals surface area contributed by atoms with Gasteiger partial charge in [0.1, 0.15) is 29.0 Å². The molecular weight excluding hydrogens is 348 g/mol. The van der Waals surface area contributed by atoms with E-state index < -0.39 is 0 Å². The number of halogens is 1. The number of nitriles is 1. The summed E-state index contributed by atoms with van der Waals surface area (Å²) < 4.78 is 5.73. The summed E-state index contributed by atoms with van der Waals surface area (Å²) >= 11 is 5.98. The number of nitrogens with one attached hydrogen (secondary N) is 1. The average Bonchev–Trinajstić information content (AvgIpc) is 2.86. The minimum Gasteiger partial charge on any atom is -0.444 e. The van der Waals surface area contributed by atoms with Crippen LogP contribution < -0.4 is 5.32 Å². The van der Waals surface area contributed by atoms with Crippen molar-refractivity contribution in [3.8, 4) is 6.07 Å². The van der Waals surface area contributed by atoms with Crippen LogP contribution in [-0.2, 0) is 6.42 Å². The van der Waals surface area contributed by atoms with Crippen molar-refractivity contribution in [2.75, 3.05) is 5.32 Å². The van der Waals surface area contributed by atoms with Crippen molar-refractivity contribution < 1.29 is 4.42 Å². The van der Waals surface area contributed by atoms with Crippen molar-refractivity contribution in [1.82, 2.24) is 9.97 Å². The Morgan fingerprint density at radius 2 is 1.81 bits per heavy atom. The Kier molecular flexibility index (Phi) is 4.97. The lowest BCUT2D eigenvalue weighted by molar-refractivity contribution is 0.547. The predicted molar refractivity (Wildman–Crippen MR) is 102 cm³/mol. The van der Waals surface area contributed by atoms with Crippen LogP contribution in [0.3, 0.4) is 0 Å². The Hall–Kier alpha value is -2.84. The molecule has 6 heteroatoms. The summed E-state index contributed by atoms with van der Waals surface area (Å²) in [7, 11) is 0. The van der Waals surface area contributed by atoms with Crippen LogP contribution in [0.2, 0.25) is 5.02 Å². The van der Waals surface area contributed by atoms with Crippen molar-refractivity contribution in [2.24, 2.45) is 0 Å². The first-order valence-corrected chi connectivity index (χ1v) is 8.62. The molecule has 0 radical (unpaired) electrons. The van der Waals surface area contributed by atoms with E-state index in [4.69, 9.17) is 16.0 Å². The molecule has 0 spiro atoms. The molecule has 1 N–H and O–H groups in total. The summed E-state index contributed by atoms with van der Waals surface area (Å²) in [5, 5.41) is 13.3. The highest BCUT2D eigenvalue weighted by molar-refractivity contribution is 6.30. The summed E-state index contributed by atoms with van der Waals surface area (Å²) in [6, 6.07) is 9.88. The highest BCUT2D eigenvalue weighted by atomic mass is 35.5. The number of nitrogens with zero attached hydrogens (tertiary/aromatic N) is 3. The van der Waals surface area contributed by atoms with Gasteiger partial charge in [-0.2, -0.15) is 5.26 Å². The fourth-order valence-corrected chi connectivity index (χ4v) is 2.94. The SMILES string of the molecule is Cc1nc(C)c(Cc2ccc(Cl)cc2)c(Nc2oc(C)c(C)c2C#N)n1. The van der Waals surface area contributed by atoms with Gasteiger partial charge >= 0.3 is 0 Å². The maximum absolute atomic E-state index is 9.44. The average molecular weight is 367 g/mol. The number of benzene rings is 1. The van der Waals surface area contributed by atoms with Crippen LogP contribution >= 0.6 is 11.6 Å². The van der Waals surface area contributed by atoms with Gasteiger partial charge in [-0.3, -0.25) is 0 Å². The molecule has 1 aromatic carbocycles. The summed E-state index contributed by atoms with van der Waals surface area (Å²) in [6.07, 6.45) is 0.645. The second-order valence-corrected chi connectivity index (χ2v) is 6.65. The highest BCUT2D eigenvalue weighted by Gasteiger charge is 2.18. The van der Waals surface area contributed by atoms with Crippen LogP contribution in [0.15, 0.2) is 28.7 Å². The largest absolute Gasteiger partial charge is 0.444 e. The van der Waals surface area contributed by atoms with Crippen LogP contribution in [0, 0.1) is 39.0 Å². The molecule has 132 valence electrons. The van der Waals surface area contributed by atoms with Gasteiger partial charge in [-0.05, 0) is 45.4 Å². The second-order valence-electron chi connectivity index (χ2n) is 6.21. The molecule has 0 atom stereocenters. The normalized spacial score (nSPS) is 10.6. The topological polar surface area (TPSA) is 74.7 Å². The third-order valence-electron chi connectivity index (χ3n) is 4.35. The van der Waals surface area contributed by atoms with Gasteiger partial charge in [0.05, 0.1) is 0 Å². The number of hydrogen-bond acceptors (Lipinski definition) is 5. The predicted octanol–water partition coefficient (Wildman–Crippen LogP) is 5.16. The van der Waals surface area contributed by atoms with E-state index in [1.807, 2.05) is 52.0 Å². The smallest absolute Gasteiger partial charge is 0.216 e. The molecule has 3 aromatic rings. The molecule has 0 saturated heterocycles. The van der Waals surface area contributed by atoms with Crippen molar-refractivity contribution in [2.45, 2.75) is 34.1 Å². The van der Waals surface area contributed by atoms with Crippen LogP contribution in [0.1, 0.15) is 39.5 Å². The zero-order valence-electron chi connectivity index (χ0n) is 15.1. The van der Waals surface area contributed by atoms with Crippen LogP contribution in [0.25, 0.3) is 0 Å². The molecule has 0 saturated carbocycles. The number of rotatable bonds is 4. The van der Waals surface area contributed by atoms with Crippen molar-refractivity contribution in [3.05, 3.63) is 68.8 Å². The molecule has 0 aliphatic rings. The Bertz CT molecular complexity index is 1000. The van der Waals surface area contributed by atoms with Crippen LogP contribution in [0.4, 0.5) is 11.7 Å². The molecule has 3 rings (SSSR count). The quantitative estimate of drug-likeness (QED) is 0.690. The van der Waals surface area contributed by atoms with Crippen molar-refractivity contribution in [1.29, 1.82) is 5.26 Å². The molecular formula is C20H19ClN4O. The van der Waals surface area contributed by atoms with Gasteiger partial charge in [0.15, 0.2) is 0 Å². The van der Waals surface area contributed by atoms with Gasteiger partial charge in [-0.15, -0.1) is 0 Å². The zero-order valence-corrected chi connectivity index (χ0v) is 15.9. The number of aryl methyl sites for hydroxylation is 3. The molecule has 5 nitrogen and oxygen atoms in total. The van der Waals surface area contributed by atoms with Gasteiger partial charge in [0.25, 0.3) is 0 Å². The monoisotopic (exact) mass is 366 g/mol. The van der Waals surface area contributed by atoms with Gasteiger partial charge < -0.3 is 9.73 Å². The lowest BCUT2D eigenvalue weighted by Gasteiger charge is -2.13. The Balaban J connectivity index is 2.03. The molecule has 2 aromatic heterocycles. The maximum atomic E-state index is 9.44. The molecule has 0 amide bonds. The number of aromatic nitrogens is 2. The van der Waals surface area contributed by atoms with Gasteiger partial charge in [0.2, 0.25) is 5.88 Å². The van der Waals surface area contributed by atoms with Crippen LogP contribution in [0.5, 0.6) is 0 Å². The molecule has 0 aliphatic heterocycles. The van der Waals surface area contributed by atoms with Crippen LogP contribution in [-0.4, -0.2) is 9.97 Å². The lowest BCUT2D eigenvalue weighted by atomic mass is 10.0. The summed E-state index contributed by atoms with van der Waals surface area (Å²) in [4.78, 5) is 9.02. The standard InChI is InChI=1S/C20H19ClN4O/c1-11-13(3)26-20(18(11)10-22)25-19-17(12(2)23-14(4)24-19)9-15-5-7-16(21)8-6-15/h5-8H,9H2,1-4H3,(H,23,24,25). The summed E-state index contributed by atoms with van der Waals surface area (Å²) in [5.41, 5.74) is 4.26. The lowest BCUT2D eigenvalue weighted by Crippen LogP contribution is -2.07. The van der Waals surface area contributed by atoms with E-state index in [0.29, 0.717) is 40.3 Å². The second kappa shape index (κ2) is 7.19. The number of furan rings is 1. The van der Waals surface area contributed by atoms with E-state index >= 15 is 0 Å². The van der Waals surface area contributed by atoms with E-state index in [1.165, 1.54) is 0 Å². The first-order chi connectivity index (χ1) is 12.4. The third-order valence-corrected chi connectivity index (χ3v) is 4.60. The highest BCUT2D eigenvalue weighted by Crippen LogP contribution is 2.30. The van der Waals surface area contributed by atoms with Crippen molar-refractivity contribution in [3.63, 3.8) is 0 Å². The summed E-state index contributed by atoms with van der Waals surface area (Å²) in [6.45, 7) is 7.50. The zero-order chi connectivity index (χ0) is 18.8. The molecule has 0 unspecified atom stereocenters. The Morgan fingerprint density at radius 1 is 1.12 bits per heavy atom. The first-order valence-electron chi connectivity index (χ1n) is 8.24. The van der Waals surface area contributed by atoms with E-state index in [9.17, 15) is 5.26 Å². The fraction of sp³-hybridized carbons (Fsp3) is 0.250. The molecule has 0 bridgehead atoms. The van der Waals surface area contributed by atoms with E-state index in [1.54, 1.807) is 0 Å². The van der Waals surface area contributed by atoms with E-state index in [-0.39, 0.29) is 0 Å². The molecule has 26 heavy (non-hydrogen) atoms. The minimum absolute atomic E-state index is 0.414. The van der Waals surface area contributed by atoms with E-state index in [2.05, 4.69) is 21.4 Å². The summed E-state index contributed by atoms with van der Waals surface area (Å²) in [5.74, 6) is 2.43. The first kappa shape index (κ1) is 18.0. The van der Waals surface area contributed by atoms with Gasteiger partial charge in [0, 0.05) is 28.3 Å². The molecule has 0 fully saturated rings. The number of hydrogen-bond donors (Lipinski definition) is 1. The molecule has 2 heterocycles. The van der Waals surface area contributed by atoms with Crippen molar-refractivity contribution >= 4 is 23.3 Å². The number of anilines is 2.